The van der Waals surface area contributed by atoms with Crippen molar-refractivity contribution in [2.24, 2.45) is 0 Å². The molecule has 198 valence electrons. The molecule has 1 saturated heterocycles. The first kappa shape index (κ1) is 28.2. The van der Waals surface area contributed by atoms with Gasteiger partial charge in [-0.25, -0.2) is 22.0 Å². The Balaban J connectivity index is 2.10. The van der Waals surface area contributed by atoms with Gasteiger partial charge in [0.25, 0.3) is 22.2 Å². The van der Waals surface area contributed by atoms with Crippen LogP contribution >= 0.6 is 0 Å². The van der Waals surface area contributed by atoms with Gasteiger partial charge in [-0.3, -0.25) is 4.79 Å². The highest BCUT2D eigenvalue weighted by Gasteiger charge is 2.60. The van der Waals surface area contributed by atoms with Crippen molar-refractivity contribution in [3.05, 3.63) is 58.9 Å². The molecule has 36 heavy (non-hydrogen) atoms. The number of nitrogens with zero attached hydrogens (tertiary/aromatic N) is 1. The average Bonchev–Trinajstić information content (AvgIpc) is 3.02. The first-order valence-corrected chi connectivity index (χ1v) is 12.8. The summed E-state index contributed by atoms with van der Waals surface area (Å²) < 4.78 is 98.4. The normalized spacial score (nSPS) is 21.5. The Morgan fingerprint density at radius 3 is 2.36 bits per heavy atom. The van der Waals surface area contributed by atoms with E-state index < -0.39 is 76.1 Å². The number of amides is 1. The van der Waals surface area contributed by atoms with Gasteiger partial charge in [0.05, 0.1) is 12.6 Å². The minimum absolute atomic E-state index is 0.183. The molecule has 3 rings (SSSR count). The van der Waals surface area contributed by atoms with Crippen molar-refractivity contribution in [2.75, 3.05) is 12.3 Å². The zero-order valence-corrected chi connectivity index (χ0v) is 20.9. The van der Waals surface area contributed by atoms with Crippen molar-refractivity contribution < 1.29 is 40.6 Å². The summed E-state index contributed by atoms with van der Waals surface area (Å²) >= 11 is 0. The van der Waals surface area contributed by atoms with Crippen molar-refractivity contribution in [1.82, 2.24) is 9.62 Å². The van der Waals surface area contributed by atoms with Crippen LogP contribution in [0.4, 0.5) is 22.0 Å². The fourth-order valence-corrected chi connectivity index (χ4v) is 5.09. The summed E-state index contributed by atoms with van der Waals surface area (Å²) in [6.45, 7) is 3.53. The third-order valence-electron chi connectivity index (χ3n) is 6.23. The summed E-state index contributed by atoms with van der Waals surface area (Å²) in [5.41, 5.74) is -3.05. The van der Waals surface area contributed by atoms with Crippen molar-refractivity contribution in [2.45, 2.75) is 57.7 Å². The minimum Gasteiger partial charge on any atom is -0.381 e. The maximum Gasteiger partial charge on any atom is 0.288 e. The van der Waals surface area contributed by atoms with Gasteiger partial charge in [0.15, 0.2) is 5.75 Å². The fourth-order valence-electron chi connectivity index (χ4n) is 4.19. The maximum absolute atomic E-state index is 15.6. The lowest BCUT2D eigenvalue weighted by atomic mass is 9.94. The van der Waals surface area contributed by atoms with Gasteiger partial charge < -0.3 is 10.0 Å². The molecule has 0 radical (unpaired) electrons. The molecule has 1 aliphatic heterocycles. The van der Waals surface area contributed by atoms with Crippen LogP contribution in [0.3, 0.4) is 0 Å². The Hall–Kier alpha value is -2.41. The van der Waals surface area contributed by atoms with Crippen LogP contribution in [-0.2, 0) is 25.8 Å². The van der Waals surface area contributed by atoms with Crippen LogP contribution in [0.25, 0.3) is 11.1 Å². The minimum atomic E-state index is -3.92. The molecule has 1 amide bonds. The van der Waals surface area contributed by atoms with E-state index >= 15 is 13.2 Å². The maximum atomic E-state index is 15.6. The second-order valence-corrected chi connectivity index (χ2v) is 11.5. The summed E-state index contributed by atoms with van der Waals surface area (Å²) in [6.07, 6.45) is -0.546. The van der Waals surface area contributed by atoms with E-state index in [1.54, 1.807) is 0 Å². The zero-order valence-electron chi connectivity index (χ0n) is 20.1. The Bertz CT molecular complexity index is 1220. The molecule has 6 nitrogen and oxygen atoms in total. The first-order valence-electron chi connectivity index (χ1n) is 11.2. The predicted molar refractivity (Wildman–Crippen MR) is 125 cm³/mol. The Kier molecular flexibility index (Phi) is 7.67. The molecule has 1 fully saturated rings. The number of rotatable bonds is 7. The van der Waals surface area contributed by atoms with Gasteiger partial charge in [-0.15, -0.1) is 0 Å². The summed E-state index contributed by atoms with van der Waals surface area (Å²) in [7, 11) is -3.92. The van der Waals surface area contributed by atoms with Crippen LogP contribution < -0.4 is 4.72 Å². The molecule has 2 unspecified atom stereocenters. The summed E-state index contributed by atoms with van der Waals surface area (Å²) in [6, 6.07) is 2.29. The van der Waals surface area contributed by atoms with Gasteiger partial charge >= 0.3 is 0 Å². The van der Waals surface area contributed by atoms with Crippen molar-refractivity contribution in [1.29, 1.82) is 0 Å². The number of hydrogen-bond donors (Lipinski definition) is 3. The van der Waals surface area contributed by atoms with E-state index in [-0.39, 0.29) is 22.3 Å². The number of aliphatic hydroxyl groups is 1. The van der Waals surface area contributed by atoms with Crippen LogP contribution in [0.2, 0.25) is 0 Å². The molecular weight excluding hydrogens is 507 g/mol. The molecule has 1 heterocycles. The quantitative estimate of drug-likeness (QED) is 0.368. The number of carbonyl (C=O) groups is 1. The number of halogens is 5. The number of benzene rings is 2. The van der Waals surface area contributed by atoms with Crippen LogP contribution in [0, 0.1) is 24.4 Å². The zero-order chi connectivity index (χ0) is 27.2. The fraction of sp³-hybridized carbons (Fsp3) is 0.458. The van der Waals surface area contributed by atoms with Crippen molar-refractivity contribution in [3.8, 4) is 11.1 Å². The monoisotopic (exact) mass is 535 g/mol. The summed E-state index contributed by atoms with van der Waals surface area (Å²) in [5.74, 6) is -7.96. The van der Waals surface area contributed by atoms with Gasteiger partial charge in [0, 0.05) is 16.7 Å². The largest absolute Gasteiger partial charge is 0.381 e. The molecule has 0 saturated carbocycles. The highest BCUT2D eigenvalue weighted by atomic mass is 32.3. The number of nitrogens with one attached hydrogen (secondary N) is 1. The van der Waals surface area contributed by atoms with E-state index in [0.29, 0.717) is 4.90 Å². The average molecular weight is 536 g/mol. The predicted octanol–water partition coefficient (Wildman–Crippen LogP) is 4.10. The molecule has 0 aliphatic carbocycles. The molecule has 3 atom stereocenters. The highest BCUT2D eigenvalue weighted by molar-refractivity contribution is 7.95. The van der Waals surface area contributed by atoms with Gasteiger partial charge in [-0.1, -0.05) is 22.9 Å². The Morgan fingerprint density at radius 1 is 1.17 bits per heavy atom. The molecule has 2 aromatic carbocycles. The molecular formula is C24H28F5N2O4S+. The Labute approximate surface area is 206 Å². The van der Waals surface area contributed by atoms with Gasteiger partial charge in [0.1, 0.15) is 29.1 Å². The topological polar surface area (TPSA) is 89.9 Å². The highest BCUT2D eigenvalue weighted by Crippen LogP contribution is 2.38. The van der Waals surface area contributed by atoms with Gasteiger partial charge in [-0.05, 0) is 56.0 Å². The van der Waals surface area contributed by atoms with Crippen LogP contribution in [0.1, 0.15) is 31.9 Å². The molecule has 0 aromatic heterocycles. The molecule has 12 heteroatoms. The molecule has 3 N–H and O–H groups in total. The third kappa shape index (κ3) is 5.46. The Morgan fingerprint density at radius 2 is 1.78 bits per heavy atom. The second kappa shape index (κ2) is 9.81. The third-order valence-corrected chi connectivity index (χ3v) is 7.63. The summed E-state index contributed by atoms with van der Waals surface area (Å²) in [5, 5.41) is 10.2. The van der Waals surface area contributed by atoms with Crippen molar-refractivity contribution in [3.63, 3.8) is 0 Å². The van der Waals surface area contributed by atoms with E-state index in [2.05, 4.69) is 0 Å². The van der Waals surface area contributed by atoms with E-state index in [4.69, 9.17) is 0 Å². The molecule has 1 aliphatic rings. The standard InChI is InChI=1S/C24H27F5N2O4S/c1-5-36(34,35)30-21-18(31(12-24(21,28)29)22(32)23(3,4)33)11-14-7-6-8-15(20(14)27)16-9-10-17(25)13(2)19(16)26/h6-10,18,21,33H,5,11-12H2,1-4H3,(H-,30,34,35)/p+1/t18-,21?/m0/s1. The van der Waals surface area contributed by atoms with E-state index in [1.807, 2.05) is 4.72 Å². The number of likely N-dealkylation sites (tertiary alicyclic amines) is 1. The van der Waals surface area contributed by atoms with Gasteiger partial charge in [0.2, 0.25) is 0 Å². The number of alkyl halides is 2. The number of hydrogen-bond acceptors (Lipinski definition) is 3. The van der Waals surface area contributed by atoms with E-state index in [1.165, 1.54) is 32.0 Å². The van der Waals surface area contributed by atoms with Crippen LogP contribution in [0.5, 0.6) is 0 Å². The van der Waals surface area contributed by atoms with E-state index in [9.17, 15) is 27.4 Å². The molecule has 0 bridgehead atoms. The van der Waals surface area contributed by atoms with E-state index in [0.717, 1.165) is 26.0 Å². The lowest BCUT2D eigenvalue weighted by Gasteiger charge is -2.31. The lowest BCUT2D eigenvalue weighted by molar-refractivity contribution is -0.149. The SMILES string of the molecule is CC[S+](=O)(O)NC1[C@H](Cc2cccc(-c3ccc(F)c(C)c3F)c2F)N(C(=O)C(C)(C)O)CC1(F)F. The van der Waals surface area contributed by atoms with Crippen LogP contribution in [-0.4, -0.2) is 56.4 Å². The number of carbonyl (C=O) groups excluding carboxylic acids is 1. The molecule has 0 spiro atoms. The van der Waals surface area contributed by atoms with Gasteiger partial charge in [-0.2, -0.15) is 4.55 Å². The first-order chi connectivity index (χ1) is 16.5. The van der Waals surface area contributed by atoms with Crippen molar-refractivity contribution >= 4 is 16.3 Å². The smallest absolute Gasteiger partial charge is 0.288 e. The molecule has 2 aromatic rings. The summed E-state index contributed by atoms with van der Waals surface area (Å²) in [4.78, 5) is 13.5. The van der Waals surface area contributed by atoms with Crippen LogP contribution in [0.15, 0.2) is 30.3 Å². The lowest BCUT2D eigenvalue weighted by Crippen LogP contribution is -2.55. The second-order valence-electron chi connectivity index (χ2n) is 9.36.